The molecule has 2 aromatic carbocycles. The molecule has 0 atom stereocenters. The van der Waals surface area contributed by atoms with Gasteiger partial charge >= 0.3 is 16.5 Å². The number of carbonyl (C=O) groups is 1. The van der Waals surface area contributed by atoms with Crippen LogP contribution < -0.4 is 0 Å². The molecule has 0 aliphatic heterocycles. The van der Waals surface area contributed by atoms with Crippen molar-refractivity contribution in [2.45, 2.75) is 0 Å². The quantitative estimate of drug-likeness (QED) is 0.377. The highest BCUT2D eigenvalue weighted by molar-refractivity contribution is 7.61. The summed E-state index contributed by atoms with van der Waals surface area (Å²) < 4.78 is 27.0. The van der Waals surface area contributed by atoms with Gasteiger partial charge in [0.2, 0.25) is 6.40 Å². The van der Waals surface area contributed by atoms with E-state index in [0.29, 0.717) is 12.0 Å². The fourth-order valence-electron chi connectivity index (χ4n) is 1.16. The molecular formula is C14H12N2O4S. The van der Waals surface area contributed by atoms with E-state index in [0.717, 1.165) is 0 Å². The number of esters is 1. The Morgan fingerprint density at radius 2 is 1.38 bits per heavy atom. The Balaban J connectivity index is 0.000000304. The number of benzene rings is 2. The SMILES string of the molecule is O=C(OC=NN=S(=O)=O)c1ccccc1.c1ccccc1. The van der Waals surface area contributed by atoms with E-state index in [1.54, 1.807) is 30.3 Å². The number of ether oxygens (including phenoxy) is 1. The average Bonchev–Trinajstić information content (AvgIpc) is 2.54. The van der Waals surface area contributed by atoms with Crippen molar-refractivity contribution in [1.82, 2.24) is 0 Å². The first kappa shape index (κ1) is 16.3. The van der Waals surface area contributed by atoms with Crippen molar-refractivity contribution >= 4 is 22.9 Å². The minimum atomic E-state index is -2.64. The van der Waals surface area contributed by atoms with Gasteiger partial charge < -0.3 is 4.74 Å². The van der Waals surface area contributed by atoms with Gasteiger partial charge in [0.05, 0.1) is 5.56 Å². The van der Waals surface area contributed by atoms with E-state index >= 15 is 0 Å². The topological polar surface area (TPSA) is 85.2 Å². The molecule has 0 heterocycles. The number of hydrogen-bond acceptors (Lipinski definition) is 5. The zero-order chi connectivity index (χ0) is 15.3. The van der Waals surface area contributed by atoms with Gasteiger partial charge in [0.1, 0.15) is 0 Å². The highest BCUT2D eigenvalue weighted by atomic mass is 32.2. The fraction of sp³-hybridized carbons (Fsp3) is 0. The van der Waals surface area contributed by atoms with Crippen LogP contribution in [0.25, 0.3) is 0 Å². The molecule has 7 heteroatoms. The third kappa shape index (κ3) is 8.06. The fourth-order valence-corrected chi connectivity index (χ4v) is 1.27. The monoisotopic (exact) mass is 304 g/mol. The molecule has 6 nitrogen and oxygen atoms in total. The van der Waals surface area contributed by atoms with Crippen molar-refractivity contribution in [3.8, 4) is 0 Å². The van der Waals surface area contributed by atoms with Gasteiger partial charge in [-0.1, -0.05) is 54.6 Å². The van der Waals surface area contributed by atoms with Gasteiger partial charge in [-0.3, -0.25) is 0 Å². The second-order valence-electron chi connectivity index (χ2n) is 3.45. The van der Waals surface area contributed by atoms with Gasteiger partial charge in [-0.25, -0.2) is 4.79 Å². The van der Waals surface area contributed by atoms with Crippen molar-refractivity contribution in [1.29, 1.82) is 0 Å². The Labute approximate surface area is 123 Å². The first-order valence-corrected chi connectivity index (χ1v) is 6.81. The Bertz CT molecular complexity index is 664. The number of carbonyl (C=O) groups excluding carboxylic acids is 1. The van der Waals surface area contributed by atoms with E-state index in [1.165, 1.54) is 0 Å². The van der Waals surface area contributed by atoms with Crippen LogP contribution in [-0.2, 0) is 15.2 Å². The average molecular weight is 304 g/mol. The van der Waals surface area contributed by atoms with Gasteiger partial charge in [0.15, 0.2) is 0 Å². The van der Waals surface area contributed by atoms with Crippen LogP contribution >= 0.6 is 0 Å². The summed E-state index contributed by atoms with van der Waals surface area (Å²) in [6.07, 6.45) is 0.658. The third-order valence-corrected chi connectivity index (χ3v) is 2.22. The lowest BCUT2D eigenvalue weighted by Crippen LogP contribution is -2.02. The zero-order valence-corrected chi connectivity index (χ0v) is 11.7. The standard InChI is InChI=1S/C8H6N2O4S.C6H6/c11-8(7-4-2-1-3-5-7)14-6-9-10-15(12)13;1-2-4-6-5-3-1/h1-6H;1-6H. The van der Waals surface area contributed by atoms with Crippen LogP contribution in [-0.4, -0.2) is 20.8 Å². The van der Waals surface area contributed by atoms with Gasteiger partial charge in [-0.05, 0) is 16.6 Å². The molecule has 0 spiro atoms. The molecule has 0 fully saturated rings. The second-order valence-corrected chi connectivity index (χ2v) is 4.04. The molecule has 0 aliphatic rings. The smallest absolute Gasteiger partial charge is 0.344 e. The van der Waals surface area contributed by atoms with Crippen LogP contribution in [0.3, 0.4) is 0 Å². The van der Waals surface area contributed by atoms with Gasteiger partial charge in [0, 0.05) is 0 Å². The van der Waals surface area contributed by atoms with E-state index in [2.05, 4.69) is 14.3 Å². The molecule has 2 rings (SSSR count). The summed E-state index contributed by atoms with van der Waals surface area (Å²) in [6.45, 7) is 0. The van der Waals surface area contributed by atoms with Crippen LogP contribution in [0.4, 0.5) is 0 Å². The predicted molar refractivity (Wildman–Crippen MR) is 78.1 cm³/mol. The normalized spacial score (nSPS) is 9.33. The largest absolute Gasteiger partial charge is 0.409 e. The molecule has 0 aromatic heterocycles. The van der Waals surface area contributed by atoms with E-state index in [9.17, 15) is 13.2 Å². The molecule has 0 N–H and O–H groups in total. The van der Waals surface area contributed by atoms with E-state index in [1.807, 2.05) is 36.4 Å². The summed E-state index contributed by atoms with van der Waals surface area (Å²) in [6, 6.07) is 20.2. The molecule has 0 unspecified atom stereocenters. The van der Waals surface area contributed by atoms with E-state index in [4.69, 9.17) is 0 Å². The third-order valence-electron chi connectivity index (χ3n) is 2.00. The predicted octanol–water partition coefficient (Wildman–Crippen LogP) is 2.54. The van der Waals surface area contributed by atoms with Gasteiger partial charge in [0.25, 0.3) is 0 Å². The molecule has 0 aliphatic carbocycles. The molecule has 108 valence electrons. The molecule has 0 saturated carbocycles. The minimum Gasteiger partial charge on any atom is -0.409 e. The maximum atomic E-state index is 11.2. The van der Waals surface area contributed by atoms with Gasteiger partial charge in [-0.15, -0.1) is 5.10 Å². The molecular weight excluding hydrogens is 292 g/mol. The van der Waals surface area contributed by atoms with Crippen LogP contribution in [0.5, 0.6) is 0 Å². The van der Waals surface area contributed by atoms with Crippen molar-refractivity contribution in [3.63, 3.8) is 0 Å². The molecule has 0 radical (unpaired) electrons. The minimum absolute atomic E-state index is 0.340. The summed E-state index contributed by atoms with van der Waals surface area (Å²) in [4.78, 5) is 11.2. The maximum absolute atomic E-state index is 11.2. The zero-order valence-electron chi connectivity index (χ0n) is 10.9. The van der Waals surface area contributed by atoms with Crippen molar-refractivity contribution in [2.75, 3.05) is 0 Å². The number of rotatable bonds is 3. The lowest BCUT2D eigenvalue weighted by atomic mass is 10.2. The van der Waals surface area contributed by atoms with Crippen LogP contribution in [0.2, 0.25) is 0 Å². The first-order valence-electron chi connectivity index (χ1n) is 5.78. The summed E-state index contributed by atoms with van der Waals surface area (Å²) in [5, 5.41) is 2.98. The Morgan fingerprint density at radius 1 is 0.905 bits per heavy atom. The second kappa shape index (κ2) is 10.0. The van der Waals surface area contributed by atoms with Crippen molar-refractivity contribution < 1.29 is 17.9 Å². The molecule has 2 aromatic rings. The van der Waals surface area contributed by atoms with Gasteiger partial charge in [-0.2, -0.15) is 8.42 Å². The molecule has 0 bridgehead atoms. The van der Waals surface area contributed by atoms with Crippen LogP contribution in [0.15, 0.2) is 76.3 Å². The molecule has 0 saturated heterocycles. The summed E-state index contributed by atoms with van der Waals surface area (Å²) >= 11 is 0. The van der Waals surface area contributed by atoms with E-state index < -0.39 is 16.5 Å². The first-order chi connectivity index (χ1) is 10.2. The van der Waals surface area contributed by atoms with Crippen LogP contribution in [0.1, 0.15) is 10.4 Å². The highest BCUT2D eigenvalue weighted by Gasteiger charge is 2.03. The molecule has 21 heavy (non-hydrogen) atoms. The van der Waals surface area contributed by atoms with Crippen LogP contribution in [0, 0.1) is 0 Å². The van der Waals surface area contributed by atoms with Crippen molar-refractivity contribution in [3.05, 3.63) is 72.3 Å². The maximum Gasteiger partial charge on any atom is 0.344 e. The molecule has 0 amide bonds. The Hall–Kier alpha value is -2.80. The number of hydrogen-bond donors (Lipinski definition) is 0. The van der Waals surface area contributed by atoms with E-state index in [-0.39, 0.29) is 0 Å². The van der Waals surface area contributed by atoms with Crippen molar-refractivity contribution in [2.24, 2.45) is 9.57 Å². The lowest BCUT2D eigenvalue weighted by Gasteiger charge is -1.95. The summed E-state index contributed by atoms with van der Waals surface area (Å²) in [5.74, 6) is -0.633. The Kier molecular flexibility index (Phi) is 7.77. The summed E-state index contributed by atoms with van der Waals surface area (Å²) in [5.41, 5.74) is 0.340. The Morgan fingerprint density at radius 3 is 1.86 bits per heavy atom. The lowest BCUT2D eigenvalue weighted by molar-refractivity contribution is 0.0727. The highest BCUT2D eigenvalue weighted by Crippen LogP contribution is 1.99. The summed E-state index contributed by atoms with van der Waals surface area (Å²) in [7, 11) is -2.64. The number of nitrogens with zero attached hydrogens (tertiary/aromatic N) is 2.